The fourth-order valence-corrected chi connectivity index (χ4v) is 13.0. The zero-order chi connectivity index (χ0) is 38.4. The second-order valence-electron chi connectivity index (χ2n) is 14.6. The number of rotatable bonds is 16. The van der Waals surface area contributed by atoms with Gasteiger partial charge in [0.15, 0.2) is 0 Å². The lowest BCUT2D eigenvalue weighted by atomic mass is 9.95. The van der Waals surface area contributed by atoms with Crippen molar-refractivity contribution in [3.8, 4) is 52.2 Å². The van der Waals surface area contributed by atoms with Crippen LogP contribution in [-0.2, 0) is 12.8 Å². The van der Waals surface area contributed by atoms with Crippen molar-refractivity contribution < 1.29 is 0 Å². The molecule has 0 saturated heterocycles. The standard InChI is InChI=1S/C46H46N4S6/c1-5-9-11-29(7-3)27-33-17-21-39(51-33)41-25-23-37(53-41)35-19-15-31(43-45(35)49-55-47-43)13-14-32-16-20-36(46-44(32)48-56-50-46)38-24-26-42(54-38)40-22-18-34(52-40)28-30(8-4)12-10-6-2/h15-26,29-30H,5-12,27-28H2,1-4H3. The molecule has 2 aromatic carbocycles. The summed E-state index contributed by atoms with van der Waals surface area (Å²) in [5.41, 5.74) is 7.49. The van der Waals surface area contributed by atoms with Crippen molar-refractivity contribution in [2.24, 2.45) is 11.8 Å². The number of fused-ring (bicyclic) bond motifs is 2. The van der Waals surface area contributed by atoms with E-state index in [1.54, 1.807) is 0 Å². The minimum absolute atomic E-state index is 0.778. The maximum absolute atomic E-state index is 4.76. The van der Waals surface area contributed by atoms with Crippen molar-refractivity contribution in [2.75, 3.05) is 0 Å². The van der Waals surface area contributed by atoms with Crippen LogP contribution in [0.3, 0.4) is 0 Å². The molecule has 286 valence electrons. The molecule has 0 aliphatic rings. The molecule has 2 atom stereocenters. The molecule has 0 N–H and O–H groups in total. The summed E-state index contributed by atoms with van der Waals surface area (Å²) < 4.78 is 18.9. The Bertz CT molecular complexity index is 2420. The summed E-state index contributed by atoms with van der Waals surface area (Å²) in [4.78, 5) is 10.7. The van der Waals surface area contributed by atoms with Crippen LogP contribution in [0.1, 0.15) is 99.9 Å². The van der Waals surface area contributed by atoms with Gasteiger partial charge in [0.1, 0.15) is 22.1 Å². The second-order valence-corrected chi connectivity index (χ2v) is 20.2. The highest BCUT2D eigenvalue weighted by Gasteiger charge is 2.18. The summed E-state index contributed by atoms with van der Waals surface area (Å²) >= 11 is 10.1. The van der Waals surface area contributed by atoms with Gasteiger partial charge >= 0.3 is 0 Å². The van der Waals surface area contributed by atoms with Crippen molar-refractivity contribution in [3.63, 3.8) is 0 Å². The molecule has 0 bridgehead atoms. The van der Waals surface area contributed by atoms with E-state index in [2.05, 4.69) is 112 Å². The first-order valence-electron chi connectivity index (χ1n) is 20.0. The van der Waals surface area contributed by atoms with Gasteiger partial charge in [-0.2, -0.15) is 17.5 Å². The first-order valence-corrected chi connectivity index (χ1v) is 24.7. The summed E-state index contributed by atoms with van der Waals surface area (Å²) in [6, 6.07) is 26.8. The smallest absolute Gasteiger partial charge is 0.121 e. The van der Waals surface area contributed by atoms with Gasteiger partial charge < -0.3 is 0 Å². The summed E-state index contributed by atoms with van der Waals surface area (Å²) in [6.07, 6.45) is 12.7. The highest BCUT2D eigenvalue weighted by atomic mass is 32.1. The van der Waals surface area contributed by atoms with E-state index in [1.165, 1.54) is 127 Å². The van der Waals surface area contributed by atoms with E-state index in [4.69, 9.17) is 17.5 Å². The molecule has 0 aliphatic carbocycles. The lowest BCUT2D eigenvalue weighted by molar-refractivity contribution is 0.452. The Balaban J connectivity index is 0.997. The normalized spacial score (nSPS) is 12.7. The van der Waals surface area contributed by atoms with Crippen LogP contribution < -0.4 is 0 Å². The molecule has 0 spiro atoms. The first kappa shape index (κ1) is 39.3. The van der Waals surface area contributed by atoms with Gasteiger partial charge in [0, 0.05) is 50.1 Å². The number of benzene rings is 2. The summed E-state index contributed by atoms with van der Waals surface area (Å²) in [5.74, 6) is 8.42. The molecule has 56 heavy (non-hydrogen) atoms. The Morgan fingerprint density at radius 3 is 1.27 bits per heavy atom. The highest BCUT2D eigenvalue weighted by molar-refractivity contribution is 7.24. The average Bonchev–Trinajstić information content (AvgIpc) is 4.07. The van der Waals surface area contributed by atoms with E-state index in [0.29, 0.717) is 0 Å². The van der Waals surface area contributed by atoms with Crippen LogP contribution in [0.5, 0.6) is 0 Å². The van der Waals surface area contributed by atoms with Gasteiger partial charge in [-0.1, -0.05) is 90.9 Å². The van der Waals surface area contributed by atoms with E-state index in [-0.39, 0.29) is 0 Å². The average molecular weight is 847 g/mol. The zero-order valence-corrected chi connectivity index (χ0v) is 37.3. The fourth-order valence-electron chi connectivity index (χ4n) is 7.39. The number of thiophene rings is 4. The highest BCUT2D eigenvalue weighted by Crippen LogP contribution is 2.42. The maximum atomic E-state index is 4.76. The van der Waals surface area contributed by atoms with Gasteiger partial charge in [0.05, 0.1) is 34.6 Å². The van der Waals surface area contributed by atoms with Gasteiger partial charge in [-0.25, -0.2) is 0 Å². The maximum Gasteiger partial charge on any atom is 0.121 e. The topological polar surface area (TPSA) is 51.6 Å². The molecule has 8 aromatic rings. The molecule has 6 aromatic heterocycles. The molecule has 0 saturated carbocycles. The number of aromatic nitrogens is 4. The van der Waals surface area contributed by atoms with Crippen LogP contribution in [0.2, 0.25) is 0 Å². The van der Waals surface area contributed by atoms with Crippen molar-refractivity contribution >= 4 is 90.9 Å². The Kier molecular flexibility index (Phi) is 12.9. The van der Waals surface area contributed by atoms with E-state index in [9.17, 15) is 0 Å². The molecule has 4 nitrogen and oxygen atoms in total. The third-order valence-electron chi connectivity index (χ3n) is 10.8. The number of hydrogen-bond donors (Lipinski definition) is 0. The van der Waals surface area contributed by atoms with Crippen LogP contribution in [0, 0.1) is 23.7 Å². The van der Waals surface area contributed by atoms with Crippen LogP contribution in [0.15, 0.2) is 72.8 Å². The predicted octanol–water partition coefficient (Wildman–Crippen LogP) is 15.5. The Labute approximate surface area is 355 Å². The Hall–Kier alpha value is -3.56. The number of nitrogens with zero attached hydrogens (tertiary/aromatic N) is 4. The Morgan fingerprint density at radius 1 is 0.446 bits per heavy atom. The third-order valence-corrected chi connectivity index (χ3v) is 16.7. The summed E-state index contributed by atoms with van der Waals surface area (Å²) in [6.45, 7) is 9.24. The Morgan fingerprint density at radius 2 is 0.839 bits per heavy atom. The van der Waals surface area contributed by atoms with E-state index in [0.717, 1.165) is 56.2 Å². The lowest BCUT2D eigenvalue weighted by Gasteiger charge is -2.12. The van der Waals surface area contributed by atoms with E-state index >= 15 is 0 Å². The molecule has 0 radical (unpaired) electrons. The summed E-state index contributed by atoms with van der Waals surface area (Å²) in [7, 11) is 0. The third kappa shape index (κ3) is 8.64. The van der Waals surface area contributed by atoms with Crippen LogP contribution in [0.4, 0.5) is 0 Å². The number of unbranched alkanes of at least 4 members (excludes halogenated alkanes) is 2. The van der Waals surface area contributed by atoms with Crippen molar-refractivity contribution in [1.82, 2.24) is 17.5 Å². The minimum atomic E-state index is 0.778. The fraction of sp³-hybridized carbons (Fsp3) is 0.348. The van der Waals surface area contributed by atoms with Crippen molar-refractivity contribution in [1.29, 1.82) is 0 Å². The van der Waals surface area contributed by atoms with Gasteiger partial charge in [-0.3, -0.25) is 0 Å². The van der Waals surface area contributed by atoms with Crippen molar-refractivity contribution in [3.05, 3.63) is 93.7 Å². The zero-order valence-electron chi connectivity index (χ0n) is 32.4. The molecule has 0 amide bonds. The molecular formula is C46H46N4S6. The largest absolute Gasteiger partial charge is 0.172 e. The molecule has 10 heteroatoms. The predicted molar refractivity (Wildman–Crippen MR) is 248 cm³/mol. The van der Waals surface area contributed by atoms with Crippen LogP contribution in [-0.4, -0.2) is 17.5 Å². The van der Waals surface area contributed by atoms with Crippen LogP contribution in [0.25, 0.3) is 62.5 Å². The quantitative estimate of drug-likeness (QED) is 0.0909. The van der Waals surface area contributed by atoms with E-state index in [1.807, 2.05) is 45.3 Å². The lowest BCUT2D eigenvalue weighted by Crippen LogP contribution is -2.01. The number of hydrogen-bond acceptors (Lipinski definition) is 10. The molecule has 6 heterocycles. The van der Waals surface area contributed by atoms with Gasteiger partial charge in [0.25, 0.3) is 0 Å². The molecule has 8 rings (SSSR count). The molecular weight excluding hydrogens is 801 g/mol. The van der Waals surface area contributed by atoms with E-state index < -0.39 is 0 Å². The minimum Gasteiger partial charge on any atom is -0.172 e. The molecule has 0 aliphatic heterocycles. The molecule has 2 unspecified atom stereocenters. The SMILES string of the molecule is CCCCC(CC)Cc1ccc(-c2ccc(-c3ccc(C#Cc4ccc(-c5ccc(-c6ccc(CC(CC)CCCC)s6)s5)c5nsnc45)c4nsnc34)s2)s1. The first-order chi connectivity index (χ1) is 27.5. The van der Waals surface area contributed by atoms with Crippen molar-refractivity contribution in [2.45, 2.75) is 91.9 Å². The summed E-state index contributed by atoms with van der Waals surface area (Å²) in [5, 5.41) is 0. The van der Waals surface area contributed by atoms with Gasteiger partial charge in [-0.05, 0) is 97.5 Å². The monoisotopic (exact) mass is 846 g/mol. The van der Waals surface area contributed by atoms with Gasteiger partial charge in [-0.15, -0.1) is 45.3 Å². The van der Waals surface area contributed by atoms with Crippen LogP contribution >= 0.6 is 68.8 Å². The van der Waals surface area contributed by atoms with Gasteiger partial charge in [0.2, 0.25) is 0 Å². The second kappa shape index (κ2) is 18.4. The molecule has 0 fully saturated rings.